The second-order valence-corrected chi connectivity index (χ2v) is 2.96. The Balaban J connectivity index is 2.62. The van der Waals surface area contributed by atoms with Crippen LogP contribution in [-0.4, -0.2) is 16.1 Å². The highest BCUT2D eigenvalue weighted by molar-refractivity contribution is 5.97. The Morgan fingerprint density at radius 1 is 1.64 bits per heavy atom. The van der Waals surface area contributed by atoms with E-state index in [0.717, 1.165) is 11.3 Å². The Bertz CT molecular complexity index is 456. The predicted octanol–water partition coefficient (Wildman–Crippen LogP) is 1.08. The zero-order valence-electron chi connectivity index (χ0n) is 7.57. The minimum atomic E-state index is -0.581. The lowest BCUT2D eigenvalue weighted by atomic mass is 10.1. The van der Waals surface area contributed by atoms with E-state index in [4.69, 9.17) is 10.2 Å². The first-order chi connectivity index (χ1) is 6.70. The smallest absolute Gasteiger partial charge is 0.285 e. The fraction of sp³-hybridized carbons (Fsp3) is 0.111. The number of nitrogens with two attached hydrogens (primary N) is 1. The van der Waals surface area contributed by atoms with Crippen molar-refractivity contribution in [1.82, 2.24) is 10.2 Å². The van der Waals surface area contributed by atoms with Crippen LogP contribution in [0.2, 0.25) is 0 Å². The van der Waals surface area contributed by atoms with Crippen molar-refractivity contribution in [2.45, 2.75) is 6.92 Å². The van der Waals surface area contributed by atoms with Crippen molar-refractivity contribution in [1.29, 1.82) is 0 Å². The number of H-pyrrole nitrogens is 1. The van der Waals surface area contributed by atoms with Crippen molar-refractivity contribution < 1.29 is 9.21 Å². The molecule has 5 nitrogen and oxygen atoms in total. The number of nitrogens with one attached hydrogen (secondary N) is 1. The van der Waals surface area contributed by atoms with E-state index < -0.39 is 5.91 Å². The highest BCUT2D eigenvalue weighted by Gasteiger charge is 2.17. The molecule has 0 radical (unpaired) electrons. The Hall–Kier alpha value is -2.04. The van der Waals surface area contributed by atoms with E-state index in [9.17, 15) is 4.79 Å². The third kappa shape index (κ3) is 1.19. The summed E-state index contributed by atoms with van der Waals surface area (Å²) in [7, 11) is 0. The van der Waals surface area contributed by atoms with E-state index in [0.29, 0.717) is 5.56 Å². The molecular weight excluding hydrogens is 182 g/mol. The van der Waals surface area contributed by atoms with Crippen LogP contribution in [0.4, 0.5) is 0 Å². The molecule has 72 valence electrons. The maximum Gasteiger partial charge on any atom is 0.285 e. The normalized spacial score (nSPS) is 10.4. The lowest BCUT2D eigenvalue weighted by Crippen LogP contribution is -2.11. The largest absolute Gasteiger partial charge is 0.458 e. The SMILES string of the molecule is Cc1coc(C(N)=O)c1-c1ccn[nH]1. The Labute approximate surface area is 79.9 Å². The summed E-state index contributed by atoms with van der Waals surface area (Å²) in [6, 6.07) is 1.75. The topological polar surface area (TPSA) is 84.9 Å². The number of carbonyl (C=O) groups excluding carboxylic acids is 1. The summed E-state index contributed by atoms with van der Waals surface area (Å²) in [6.45, 7) is 1.84. The minimum absolute atomic E-state index is 0.159. The molecule has 3 N–H and O–H groups in total. The summed E-state index contributed by atoms with van der Waals surface area (Å²) in [6.07, 6.45) is 3.10. The van der Waals surface area contributed by atoms with Crippen molar-refractivity contribution in [2.75, 3.05) is 0 Å². The van der Waals surface area contributed by atoms with Crippen LogP contribution in [0.5, 0.6) is 0 Å². The molecule has 0 unspecified atom stereocenters. The standard InChI is InChI=1S/C9H9N3O2/c1-5-4-14-8(9(10)13)7(5)6-2-3-11-12-6/h2-4H,1H3,(H2,10,13)(H,11,12). The number of hydrogen-bond donors (Lipinski definition) is 2. The fourth-order valence-electron chi connectivity index (χ4n) is 1.36. The number of nitrogens with zero attached hydrogens (tertiary/aromatic N) is 1. The van der Waals surface area contributed by atoms with Gasteiger partial charge in [0.2, 0.25) is 5.76 Å². The number of carbonyl (C=O) groups is 1. The maximum absolute atomic E-state index is 11.0. The van der Waals surface area contributed by atoms with Gasteiger partial charge in [-0.3, -0.25) is 9.89 Å². The molecule has 2 aromatic heterocycles. The molecule has 2 heterocycles. The zero-order chi connectivity index (χ0) is 10.1. The second-order valence-electron chi connectivity index (χ2n) is 2.96. The van der Waals surface area contributed by atoms with Gasteiger partial charge in [-0.1, -0.05) is 0 Å². The molecule has 0 aliphatic rings. The van der Waals surface area contributed by atoms with Gasteiger partial charge in [0, 0.05) is 6.20 Å². The number of hydrogen-bond acceptors (Lipinski definition) is 3. The molecule has 0 aliphatic heterocycles. The maximum atomic E-state index is 11.0. The first-order valence-electron chi connectivity index (χ1n) is 4.08. The number of amides is 1. The number of aromatic nitrogens is 2. The molecule has 1 amide bonds. The van der Waals surface area contributed by atoms with Gasteiger partial charge in [-0.05, 0) is 18.6 Å². The lowest BCUT2D eigenvalue weighted by molar-refractivity contribution is 0.0975. The van der Waals surface area contributed by atoms with Gasteiger partial charge in [-0.25, -0.2) is 0 Å². The monoisotopic (exact) mass is 191 g/mol. The zero-order valence-corrected chi connectivity index (χ0v) is 7.57. The molecule has 0 aliphatic carbocycles. The molecule has 0 bridgehead atoms. The van der Waals surface area contributed by atoms with Gasteiger partial charge in [-0.2, -0.15) is 5.10 Å². The number of aromatic amines is 1. The van der Waals surface area contributed by atoms with Gasteiger partial charge in [0.05, 0.1) is 17.5 Å². The van der Waals surface area contributed by atoms with E-state index in [1.807, 2.05) is 6.92 Å². The molecule has 14 heavy (non-hydrogen) atoms. The van der Waals surface area contributed by atoms with Crippen LogP contribution in [0.15, 0.2) is 22.9 Å². The van der Waals surface area contributed by atoms with Crippen molar-refractivity contribution >= 4 is 5.91 Å². The van der Waals surface area contributed by atoms with Crippen LogP contribution in [0.1, 0.15) is 16.1 Å². The van der Waals surface area contributed by atoms with Crippen LogP contribution in [0, 0.1) is 6.92 Å². The molecule has 0 aromatic carbocycles. The lowest BCUT2D eigenvalue weighted by Gasteiger charge is -1.96. The van der Waals surface area contributed by atoms with Gasteiger partial charge < -0.3 is 10.2 Å². The molecule has 0 saturated carbocycles. The number of furan rings is 1. The van der Waals surface area contributed by atoms with Crippen molar-refractivity contribution in [3.8, 4) is 11.3 Å². The molecule has 0 spiro atoms. The molecular formula is C9H9N3O2. The fourth-order valence-corrected chi connectivity index (χ4v) is 1.36. The quantitative estimate of drug-likeness (QED) is 0.744. The molecule has 0 saturated heterocycles. The average molecular weight is 191 g/mol. The molecule has 2 aromatic rings. The van der Waals surface area contributed by atoms with Crippen molar-refractivity contribution in [3.63, 3.8) is 0 Å². The van der Waals surface area contributed by atoms with Crippen LogP contribution in [0.3, 0.4) is 0 Å². The summed E-state index contributed by atoms with van der Waals surface area (Å²) < 4.78 is 5.06. The van der Waals surface area contributed by atoms with Crippen molar-refractivity contribution in [2.24, 2.45) is 5.73 Å². The van der Waals surface area contributed by atoms with Crippen LogP contribution in [-0.2, 0) is 0 Å². The molecule has 0 fully saturated rings. The summed E-state index contributed by atoms with van der Waals surface area (Å²) in [5.74, 6) is -0.422. The van der Waals surface area contributed by atoms with Crippen LogP contribution >= 0.6 is 0 Å². The minimum Gasteiger partial charge on any atom is -0.458 e. The van der Waals surface area contributed by atoms with E-state index in [1.54, 1.807) is 12.3 Å². The molecule has 5 heteroatoms. The Kier molecular flexibility index (Phi) is 1.85. The van der Waals surface area contributed by atoms with E-state index in [2.05, 4.69) is 10.2 Å². The first-order valence-corrected chi connectivity index (χ1v) is 4.08. The number of aryl methyl sites for hydroxylation is 1. The van der Waals surface area contributed by atoms with Crippen LogP contribution < -0.4 is 5.73 Å². The molecule has 0 atom stereocenters. The predicted molar refractivity (Wildman–Crippen MR) is 49.5 cm³/mol. The summed E-state index contributed by atoms with van der Waals surface area (Å²) in [5, 5.41) is 6.56. The highest BCUT2D eigenvalue weighted by Crippen LogP contribution is 2.26. The average Bonchev–Trinajstić information content (AvgIpc) is 2.71. The van der Waals surface area contributed by atoms with E-state index in [-0.39, 0.29) is 5.76 Å². The van der Waals surface area contributed by atoms with E-state index in [1.165, 1.54) is 6.26 Å². The Morgan fingerprint density at radius 3 is 3.00 bits per heavy atom. The molecule has 2 rings (SSSR count). The van der Waals surface area contributed by atoms with Gasteiger partial charge in [0.15, 0.2) is 0 Å². The third-order valence-electron chi connectivity index (χ3n) is 1.97. The summed E-state index contributed by atoms with van der Waals surface area (Å²) >= 11 is 0. The van der Waals surface area contributed by atoms with Gasteiger partial charge in [-0.15, -0.1) is 0 Å². The van der Waals surface area contributed by atoms with E-state index >= 15 is 0 Å². The van der Waals surface area contributed by atoms with Crippen molar-refractivity contribution in [3.05, 3.63) is 29.9 Å². The second kappa shape index (κ2) is 3.02. The van der Waals surface area contributed by atoms with Crippen LogP contribution in [0.25, 0.3) is 11.3 Å². The highest BCUT2D eigenvalue weighted by atomic mass is 16.3. The third-order valence-corrected chi connectivity index (χ3v) is 1.97. The number of primary amides is 1. The van der Waals surface area contributed by atoms with Gasteiger partial charge in [0.25, 0.3) is 5.91 Å². The number of rotatable bonds is 2. The summed E-state index contributed by atoms with van der Waals surface area (Å²) in [5.41, 5.74) is 7.42. The Morgan fingerprint density at radius 2 is 2.43 bits per heavy atom. The van der Waals surface area contributed by atoms with Gasteiger partial charge >= 0.3 is 0 Å². The van der Waals surface area contributed by atoms with Gasteiger partial charge in [0.1, 0.15) is 0 Å². The summed E-state index contributed by atoms with van der Waals surface area (Å²) in [4.78, 5) is 11.0. The first kappa shape index (κ1) is 8.55.